The zero-order valence-corrected chi connectivity index (χ0v) is 14.5. The Kier molecular flexibility index (Phi) is 5.08. The summed E-state index contributed by atoms with van der Waals surface area (Å²) < 4.78 is 0. The van der Waals surface area contributed by atoms with Crippen molar-refractivity contribution >= 4 is 17.5 Å². The first-order chi connectivity index (χ1) is 12.0. The van der Waals surface area contributed by atoms with E-state index in [0.717, 1.165) is 13.1 Å². The zero-order chi connectivity index (χ0) is 18.0. The van der Waals surface area contributed by atoms with E-state index in [1.54, 1.807) is 0 Å². The second kappa shape index (κ2) is 7.27. The van der Waals surface area contributed by atoms with Crippen molar-refractivity contribution < 1.29 is 14.7 Å². The fraction of sp³-hybridized carbons (Fsp3) is 0.474. The maximum absolute atomic E-state index is 12.8. The fourth-order valence-electron chi connectivity index (χ4n) is 3.63. The summed E-state index contributed by atoms with van der Waals surface area (Å²) in [6.45, 7) is 8.25. The number of carbonyl (C=O) groups excluding carboxylic acids is 2. The number of para-hydroxylation sites is 1. The van der Waals surface area contributed by atoms with Gasteiger partial charge in [0.2, 0.25) is 11.8 Å². The van der Waals surface area contributed by atoms with Crippen molar-refractivity contribution in [2.45, 2.75) is 19.1 Å². The number of carbonyl (C=O) groups is 2. The minimum absolute atomic E-state index is 0.0268. The van der Waals surface area contributed by atoms with Gasteiger partial charge in [0.25, 0.3) is 0 Å². The van der Waals surface area contributed by atoms with Gasteiger partial charge in [0, 0.05) is 31.9 Å². The predicted octanol–water partition coefficient (Wildman–Crippen LogP) is 0.633. The minimum atomic E-state index is -0.913. The summed E-state index contributed by atoms with van der Waals surface area (Å²) in [5.74, 6) is -1.13. The highest BCUT2D eigenvalue weighted by atomic mass is 16.3. The van der Waals surface area contributed by atoms with Crippen LogP contribution in [0, 0.1) is 11.8 Å². The molecule has 2 heterocycles. The molecule has 4 atom stereocenters. The maximum Gasteiger partial charge on any atom is 0.228 e. The van der Waals surface area contributed by atoms with Crippen LogP contribution in [0.2, 0.25) is 0 Å². The van der Waals surface area contributed by atoms with E-state index in [2.05, 4.69) is 28.9 Å². The maximum atomic E-state index is 12.8. The van der Waals surface area contributed by atoms with Crippen LogP contribution in [0.15, 0.2) is 43.0 Å². The van der Waals surface area contributed by atoms with Crippen molar-refractivity contribution in [2.24, 2.45) is 11.8 Å². The number of amides is 2. The summed E-state index contributed by atoms with van der Waals surface area (Å²) in [5, 5.41) is 12.7. The molecule has 134 valence electrons. The highest BCUT2D eigenvalue weighted by Gasteiger charge is 2.48. The third-order valence-corrected chi connectivity index (χ3v) is 5.25. The number of rotatable bonds is 5. The first kappa shape index (κ1) is 17.5. The lowest BCUT2D eigenvalue weighted by atomic mass is 9.78. The van der Waals surface area contributed by atoms with Gasteiger partial charge in [-0.1, -0.05) is 31.2 Å². The molecule has 0 radical (unpaired) electrons. The summed E-state index contributed by atoms with van der Waals surface area (Å²) in [4.78, 5) is 28.6. The molecular weight excluding hydrogens is 318 g/mol. The van der Waals surface area contributed by atoms with Gasteiger partial charge < -0.3 is 20.2 Å². The Morgan fingerprint density at radius 1 is 1.28 bits per heavy atom. The molecule has 2 N–H and O–H groups in total. The smallest absolute Gasteiger partial charge is 0.228 e. The molecule has 2 aliphatic rings. The molecule has 6 nitrogen and oxygen atoms in total. The van der Waals surface area contributed by atoms with Crippen LogP contribution in [0.1, 0.15) is 6.92 Å². The number of hydrogen-bond donors (Lipinski definition) is 2. The van der Waals surface area contributed by atoms with Gasteiger partial charge in [0.1, 0.15) is 0 Å². The molecule has 3 rings (SSSR count). The molecule has 4 unspecified atom stereocenters. The van der Waals surface area contributed by atoms with Gasteiger partial charge in [-0.05, 0) is 12.1 Å². The van der Waals surface area contributed by atoms with Gasteiger partial charge in [0.15, 0.2) is 0 Å². The lowest BCUT2D eigenvalue weighted by molar-refractivity contribution is -0.147. The van der Waals surface area contributed by atoms with Crippen LogP contribution in [0.3, 0.4) is 0 Å². The summed E-state index contributed by atoms with van der Waals surface area (Å²) in [7, 11) is 0. The molecule has 2 aliphatic heterocycles. The lowest BCUT2D eigenvalue weighted by Gasteiger charge is -2.44. The Labute approximate surface area is 148 Å². The third kappa shape index (κ3) is 3.39. The fourth-order valence-corrected chi connectivity index (χ4v) is 3.63. The number of aliphatic hydroxyl groups excluding tert-OH is 1. The second-order valence-corrected chi connectivity index (χ2v) is 6.72. The van der Waals surface area contributed by atoms with Gasteiger partial charge in [-0.15, -0.1) is 6.58 Å². The SMILES string of the molecule is C=CC(O)C1C(=O)NC1C(C)C(=O)N1CCN(c2ccccc2)CC1. The van der Waals surface area contributed by atoms with Crippen molar-refractivity contribution in [1.29, 1.82) is 0 Å². The van der Waals surface area contributed by atoms with Crippen LogP contribution in [-0.2, 0) is 9.59 Å². The number of nitrogens with zero attached hydrogens (tertiary/aromatic N) is 2. The van der Waals surface area contributed by atoms with E-state index in [4.69, 9.17) is 0 Å². The highest BCUT2D eigenvalue weighted by molar-refractivity contribution is 5.90. The first-order valence-electron chi connectivity index (χ1n) is 8.72. The molecule has 1 aromatic rings. The Hall–Kier alpha value is -2.34. The Bertz CT molecular complexity index is 641. The number of β-lactam (4-membered cyclic amide) rings is 1. The van der Waals surface area contributed by atoms with E-state index in [9.17, 15) is 14.7 Å². The van der Waals surface area contributed by atoms with E-state index in [0.29, 0.717) is 13.1 Å². The summed E-state index contributed by atoms with van der Waals surface area (Å²) >= 11 is 0. The van der Waals surface area contributed by atoms with Crippen molar-refractivity contribution in [2.75, 3.05) is 31.1 Å². The lowest BCUT2D eigenvalue weighted by Crippen LogP contribution is -2.67. The largest absolute Gasteiger partial charge is 0.388 e. The summed E-state index contributed by atoms with van der Waals surface area (Å²) in [6.07, 6.45) is 0.440. The number of piperazine rings is 1. The minimum Gasteiger partial charge on any atom is -0.388 e. The summed E-state index contributed by atoms with van der Waals surface area (Å²) in [6, 6.07) is 9.83. The topological polar surface area (TPSA) is 72.9 Å². The number of nitrogens with one attached hydrogen (secondary N) is 1. The van der Waals surface area contributed by atoms with Gasteiger partial charge in [-0.2, -0.15) is 0 Å². The van der Waals surface area contributed by atoms with E-state index in [-0.39, 0.29) is 23.8 Å². The zero-order valence-electron chi connectivity index (χ0n) is 14.5. The summed E-state index contributed by atoms with van der Waals surface area (Å²) in [5.41, 5.74) is 1.17. The monoisotopic (exact) mass is 343 g/mol. The number of hydrogen-bond acceptors (Lipinski definition) is 4. The number of aliphatic hydroxyl groups is 1. The standard InChI is InChI=1S/C19H25N3O3/c1-3-15(23)16-17(20-18(16)24)13(2)19(25)22-11-9-21(10-12-22)14-7-5-4-6-8-14/h3-8,13,15-17,23H,1,9-12H2,2H3,(H,20,24). The first-order valence-corrected chi connectivity index (χ1v) is 8.72. The van der Waals surface area contributed by atoms with Crippen molar-refractivity contribution in [1.82, 2.24) is 10.2 Å². The quantitative estimate of drug-likeness (QED) is 0.608. The van der Waals surface area contributed by atoms with Crippen LogP contribution in [0.4, 0.5) is 5.69 Å². The Balaban J connectivity index is 1.57. The van der Waals surface area contributed by atoms with Gasteiger partial charge in [-0.25, -0.2) is 0 Å². The second-order valence-electron chi connectivity index (χ2n) is 6.72. The van der Waals surface area contributed by atoms with Gasteiger partial charge in [-0.3, -0.25) is 9.59 Å². The molecule has 0 aromatic heterocycles. The molecule has 0 aliphatic carbocycles. The number of benzene rings is 1. The van der Waals surface area contributed by atoms with E-state index >= 15 is 0 Å². The van der Waals surface area contributed by atoms with Crippen molar-refractivity contribution in [3.8, 4) is 0 Å². The van der Waals surface area contributed by atoms with Gasteiger partial charge in [0.05, 0.1) is 24.0 Å². The van der Waals surface area contributed by atoms with Crippen LogP contribution >= 0.6 is 0 Å². The third-order valence-electron chi connectivity index (χ3n) is 5.25. The molecule has 1 aromatic carbocycles. The Morgan fingerprint density at radius 2 is 1.92 bits per heavy atom. The van der Waals surface area contributed by atoms with Crippen molar-refractivity contribution in [3.63, 3.8) is 0 Å². The average molecular weight is 343 g/mol. The van der Waals surface area contributed by atoms with Crippen LogP contribution in [0.5, 0.6) is 0 Å². The van der Waals surface area contributed by atoms with Gasteiger partial charge >= 0.3 is 0 Å². The van der Waals surface area contributed by atoms with Crippen LogP contribution in [0.25, 0.3) is 0 Å². The molecule has 6 heteroatoms. The molecule has 2 fully saturated rings. The average Bonchev–Trinajstić information content (AvgIpc) is 2.65. The Morgan fingerprint density at radius 3 is 2.48 bits per heavy atom. The highest BCUT2D eigenvalue weighted by Crippen LogP contribution is 2.28. The van der Waals surface area contributed by atoms with E-state index in [1.807, 2.05) is 30.0 Å². The predicted molar refractivity (Wildman–Crippen MR) is 96.0 cm³/mol. The molecule has 0 saturated carbocycles. The van der Waals surface area contributed by atoms with E-state index < -0.39 is 12.0 Å². The molecule has 2 amide bonds. The number of anilines is 1. The molecular formula is C19H25N3O3. The van der Waals surface area contributed by atoms with Crippen LogP contribution < -0.4 is 10.2 Å². The van der Waals surface area contributed by atoms with Crippen molar-refractivity contribution in [3.05, 3.63) is 43.0 Å². The van der Waals surface area contributed by atoms with Crippen LogP contribution in [-0.4, -0.2) is 60.1 Å². The molecule has 0 bridgehead atoms. The molecule has 0 spiro atoms. The van der Waals surface area contributed by atoms with E-state index in [1.165, 1.54) is 11.8 Å². The molecule has 2 saturated heterocycles. The molecule has 25 heavy (non-hydrogen) atoms. The normalized spacial score (nSPS) is 25.6.